The molecular weight excluding hydrogens is 677 g/mol. The first-order chi connectivity index (χ1) is 31.1. The molecule has 0 atom stereocenters. The van der Waals surface area contributed by atoms with E-state index < -0.39 is 24.2 Å². The van der Waals surface area contributed by atoms with Crippen LogP contribution >= 0.6 is 0 Å². The Hall–Kier alpha value is -7.42. The molecule has 264 valence electrons. The van der Waals surface area contributed by atoms with E-state index in [2.05, 4.69) is 41.0 Å². The zero-order chi connectivity index (χ0) is 44.2. The molecule has 0 saturated carbocycles. The predicted octanol–water partition coefficient (Wildman–Crippen LogP) is 14.9. The molecule has 10 rings (SSSR count). The van der Waals surface area contributed by atoms with E-state index in [0.717, 1.165) is 49.7 Å². The number of nitrogens with zero attached hydrogens (tertiary/aromatic N) is 2. The normalized spacial score (nSPS) is 13.2. The van der Waals surface area contributed by atoms with E-state index in [0.29, 0.717) is 16.8 Å². The van der Waals surface area contributed by atoms with Crippen LogP contribution in [0.1, 0.15) is 11.0 Å². The summed E-state index contributed by atoms with van der Waals surface area (Å²) in [4.78, 5) is 1.36. The maximum Gasteiger partial charge on any atom is 0.0645 e. The molecule has 0 aliphatic heterocycles. The van der Waals surface area contributed by atoms with Crippen LogP contribution < -0.4 is 4.90 Å². The van der Waals surface area contributed by atoms with Crippen molar-refractivity contribution in [3.8, 4) is 50.2 Å². The molecule has 56 heavy (non-hydrogen) atoms. The maximum atomic E-state index is 9.56. The summed E-state index contributed by atoms with van der Waals surface area (Å²) in [5.41, 5.74) is 7.82. The Morgan fingerprint density at radius 3 is 1.38 bits per heavy atom. The molecular formula is C54H38N2. The number of hydrogen-bond donors (Lipinski definition) is 0. The number of hydrogen-bond acceptors (Lipinski definition) is 1. The van der Waals surface area contributed by atoms with Crippen LogP contribution in [0.25, 0.3) is 72.0 Å². The summed E-state index contributed by atoms with van der Waals surface area (Å²) >= 11 is 0. The lowest BCUT2D eigenvalue weighted by molar-refractivity contribution is 1.18. The monoisotopic (exact) mass is 722 g/mol. The molecule has 1 heterocycles. The van der Waals surface area contributed by atoms with E-state index in [9.17, 15) is 11.0 Å². The fourth-order valence-corrected chi connectivity index (χ4v) is 7.39. The molecule has 1 aromatic heterocycles. The maximum absolute atomic E-state index is 9.56. The SMILES string of the molecule is [2H]c1c([2H])c(N(c2cccc(-c3ccc4c(c3)c3ccccc3n4-c3ccccc3)c2)c2c([2H])c([2H])c(-c3ccc(-c4ccccc4)cc3)c([2H])c2[2H])c([2H])c([2H])c1-c1ccccc1. The summed E-state index contributed by atoms with van der Waals surface area (Å²) in [6.45, 7) is 0. The first-order valence-electron chi connectivity index (χ1n) is 22.5. The third kappa shape index (κ3) is 6.24. The number of anilines is 3. The molecule has 0 spiro atoms. The van der Waals surface area contributed by atoms with Crippen LogP contribution in [0.15, 0.2) is 230 Å². The third-order valence-corrected chi connectivity index (χ3v) is 10.1. The molecule has 0 amide bonds. The zero-order valence-electron chi connectivity index (χ0n) is 38.2. The number of benzene rings is 9. The van der Waals surface area contributed by atoms with Gasteiger partial charge in [0, 0.05) is 33.5 Å². The van der Waals surface area contributed by atoms with Crippen molar-refractivity contribution in [3.05, 3.63) is 230 Å². The van der Waals surface area contributed by atoms with E-state index in [4.69, 9.17) is 0 Å². The van der Waals surface area contributed by atoms with E-state index in [1.54, 1.807) is 42.5 Å². The third-order valence-electron chi connectivity index (χ3n) is 10.1. The second kappa shape index (κ2) is 14.4. The minimum atomic E-state index is -0.396. The van der Waals surface area contributed by atoms with Crippen molar-refractivity contribution in [2.75, 3.05) is 4.90 Å². The van der Waals surface area contributed by atoms with E-state index in [-0.39, 0.29) is 46.7 Å². The minimum absolute atomic E-state index is 0.106. The zero-order valence-corrected chi connectivity index (χ0v) is 30.2. The molecule has 0 aliphatic rings. The quantitative estimate of drug-likeness (QED) is 0.152. The van der Waals surface area contributed by atoms with Crippen LogP contribution in [0.2, 0.25) is 0 Å². The fraction of sp³-hybridized carbons (Fsp3) is 0. The van der Waals surface area contributed by atoms with Gasteiger partial charge in [0.15, 0.2) is 0 Å². The second-order valence-electron chi connectivity index (χ2n) is 13.6. The van der Waals surface area contributed by atoms with Crippen LogP contribution in [-0.4, -0.2) is 4.57 Å². The first kappa shape index (κ1) is 25.6. The van der Waals surface area contributed by atoms with Crippen molar-refractivity contribution in [1.82, 2.24) is 4.57 Å². The predicted molar refractivity (Wildman–Crippen MR) is 237 cm³/mol. The van der Waals surface area contributed by atoms with Crippen LogP contribution in [0.3, 0.4) is 0 Å². The lowest BCUT2D eigenvalue weighted by Crippen LogP contribution is -2.10. The Morgan fingerprint density at radius 2 is 0.750 bits per heavy atom. The largest absolute Gasteiger partial charge is 0.310 e. The molecule has 0 unspecified atom stereocenters. The van der Waals surface area contributed by atoms with Gasteiger partial charge in [0.25, 0.3) is 0 Å². The summed E-state index contributed by atoms with van der Waals surface area (Å²) in [6, 6.07) is 55.2. The molecule has 0 bridgehead atoms. The smallest absolute Gasteiger partial charge is 0.0645 e. The van der Waals surface area contributed by atoms with Gasteiger partial charge in [-0.05, 0) is 111 Å². The second-order valence-corrected chi connectivity index (χ2v) is 13.6. The van der Waals surface area contributed by atoms with Gasteiger partial charge in [0.05, 0.1) is 22.0 Å². The summed E-state index contributed by atoms with van der Waals surface area (Å²) in [5.74, 6) is 0. The van der Waals surface area contributed by atoms with Gasteiger partial charge in [-0.25, -0.2) is 0 Å². The minimum Gasteiger partial charge on any atom is -0.310 e. The first-order valence-corrected chi connectivity index (χ1v) is 18.5. The molecule has 2 nitrogen and oxygen atoms in total. The molecule has 0 saturated heterocycles. The Kier molecular flexibility index (Phi) is 6.59. The van der Waals surface area contributed by atoms with Gasteiger partial charge in [-0.1, -0.05) is 164 Å². The van der Waals surface area contributed by atoms with Crippen molar-refractivity contribution in [3.63, 3.8) is 0 Å². The van der Waals surface area contributed by atoms with Gasteiger partial charge < -0.3 is 9.47 Å². The molecule has 10 aromatic rings. The highest BCUT2D eigenvalue weighted by Crippen LogP contribution is 2.40. The summed E-state index contributed by atoms with van der Waals surface area (Å²) < 4.78 is 77.6. The van der Waals surface area contributed by atoms with Gasteiger partial charge in [-0.2, -0.15) is 0 Å². The highest BCUT2D eigenvalue weighted by Gasteiger charge is 2.16. The van der Waals surface area contributed by atoms with E-state index in [1.807, 2.05) is 103 Å². The number of para-hydroxylation sites is 2. The number of rotatable bonds is 8. The Morgan fingerprint density at radius 1 is 0.304 bits per heavy atom. The lowest BCUT2D eigenvalue weighted by Gasteiger charge is -2.26. The van der Waals surface area contributed by atoms with Gasteiger partial charge in [0.2, 0.25) is 0 Å². The van der Waals surface area contributed by atoms with Gasteiger partial charge in [-0.3, -0.25) is 0 Å². The van der Waals surface area contributed by atoms with Crippen molar-refractivity contribution in [2.24, 2.45) is 0 Å². The Labute approximate surface area is 339 Å². The highest BCUT2D eigenvalue weighted by molar-refractivity contribution is 6.10. The van der Waals surface area contributed by atoms with Crippen molar-refractivity contribution < 1.29 is 11.0 Å². The number of fused-ring (bicyclic) bond motifs is 3. The summed E-state index contributed by atoms with van der Waals surface area (Å²) in [6.07, 6.45) is 0. The van der Waals surface area contributed by atoms with Crippen LogP contribution in [0, 0.1) is 0 Å². The van der Waals surface area contributed by atoms with Gasteiger partial charge in [-0.15, -0.1) is 0 Å². The summed E-state index contributed by atoms with van der Waals surface area (Å²) in [7, 11) is 0. The Balaban J connectivity index is 1.17. The molecule has 0 aliphatic carbocycles. The standard InChI is InChI=1S/C54H38N2/c1-4-13-39(14-5-1)41-23-25-42(26-24-41)44-29-34-49(35-30-44)55(48-32-27-43(28-33-48)40-15-6-2-7-16-40)50-20-12-17-45(37-50)46-31-36-54-52(38-46)51-21-10-11-22-53(51)56(54)47-18-8-3-9-19-47/h1-38H/i27D,28D,29D,30D,32D,33D,34D,35D. The molecule has 2 heteroatoms. The average Bonchev–Trinajstić information content (AvgIpc) is 3.67. The van der Waals surface area contributed by atoms with Crippen LogP contribution in [0.5, 0.6) is 0 Å². The molecule has 0 fully saturated rings. The number of aromatic nitrogens is 1. The molecule has 0 N–H and O–H groups in total. The lowest BCUT2D eigenvalue weighted by atomic mass is 9.99. The van der Waals surface area contributed by atoms with E-state index >= 15 is 0 Å². The summed E-state index contributed by atoms with van der Waals surface area (Å²) in [5, 5.41) is 2.10. The van der Waals surface area contributed by atoms with Gasteiger partial charge in [0.1, 0.15) is 0 Å². The van der Waals surface area contributed by atoms with Gasteiger partial charge >= 0.3 is 0 Å². The van der Waals surface area contributed by atoms with Crippen molar-refractivity contribution in [1.29, 1.82) is 0 Å². The topological polar surface area (TPSA) is 8.17 Å². The van der Waals surface area contributed by atoms with Crippen LogP contribution in [0.4, 0.5) is 17.1 Å². The van der Waals surface area contributed by atoms with E-state index in [1.165, 1.54) is 4.90 Å². The average molecular weight is 723 g/mol. The van der Waals surface area contributed by atoms with Crippen molar-refractivity contribution >= 4 is 38.9 Å². The fourth-order valence-electron chi connectivity index (χ4n) is 7.39. The van der Waals surface area contributed by atoms with Crippen molar-refractivity contribution in [2.45, 2.75) is 0 Å². The molecule has 0 radical (unpaired) electrons. The van der Waals surface area contributed by atoms with Crippen LogP contribution in [-0.2, 0) is 0 Å². The molecule has 9 aromatic carbocycles. The highest BCUT2D eigenvalue weighted by atomic mass is 15.1. The Bertz CT molecular complexity index is 3350.